The second-order valence-electron chi connectivity index (χ2n) is 4.05. The van der Waals surface area contributed by atoms with Gasteiger partial charge in [-0.3, -0.25) is 0 Å². The lowest BCUT2D eigenvalue weighted by Gasteiger charge is -2.10. The molecule has 0 fully saturated rings. The van der Waals surface area contributed by atoms with Crippen LogP contribution in [-0.4, -0.2) is 0 Å². The zero-order valence-electron chi connectivity index (χ0n) is 10.4. The predicted molar refractivity (Wildman–Crippen MR) is 82.2 cm³/mol. The summed E-state index contributed by atoms with van der Waals surface area (Å²) in [4.78, 5) is 0. The molecule has 2 aromatic carbocycles. The topological polar surface area (TPSA) is 0 Å². The Bertz CT molecular complexity index is 560. The fraction of sp³-hybridized carbons (Fsp3) is 0. The van der Waals surface area contributed by atoms with E-state index in [1.165, 1.54) is 11.1 Å². The summed E-state index contributed by atoms with van der Waals surface area (Å²) in [6, 6.07) is 14.6. The SMILES string of the molecule is C=Cc1cc(-c2ccccc2)cc(C=C)c1C=C. The smallest absolute Gasteiger partial charge is 0.0117 e. The van der Waals surface area contributed by atoms with Crippen molar-refractivity contribution in [3.63, 3.8) is 0 Å². The first-order valence-corrected chi connectivity index (χ1v) is 5.91. The molecule has 0 heterocycles. The number of hydrogen-bond donors (Lipinski definition) is 0. The Kier molecular flexibility index (Phi) is 3.59. The number of rotatable bonds is 4. The third-order valence-corrected chi connectivity index (χ3v) is 3.00. The first-order valence-electron chi connectivity index (χ1n) is 5.91. The minimum Gasteiger partial charge on any atom is -0.0984 e. The van der Waals surface area contributed by atoms with E-state index in [0.717, 1.165) is 16.7 Å². The Labute approximate surface area is 109 Å². The molecule has 88 valence electrons. The first kappa shape index (κ1) is 12.1. The summed E-state index contributed by atoms with van der Waals surface area (Å²) < 4.78 is 0. The minimum atomic E-state index is 1.08. The van der Waals surface area contributed by atoms with Crippen molar-refractivity contribution in [1.29, 1.82) is 0 Å². The van der Waals surface area contributed by atoms with Crippen LogP contribution in [-0.2, 0) is 0 Å². The molecule has 0 atom stereocenters. The summed E-state index contributed by atoms with van der Waals surface area (Å²) in [5.41, 5.74) is 5.62. The zero-order chi connectivity index (χ0) is 13.0. The first-order chi connectivity index (χ1) is 8.80. The van der Waals surface area contributed by atoms with E-state index >= 15 is 0 Å². The second kappa shape index (κ2) is 5.33. The maximum Gasteiger partial charge on any atom is -0.0117 e. The summed E-state index contributed by atoms with van der Waals surface area (Å²) in [6.45, 7) is 11.6. The van der Waals surface area contributed by atoms with Crippen molar-refractivity contribution in [3.8, 4) is 11.1 Å². The molecule has 0 aliphatic carbocycles. The summed E-state index contributed by atoms with van der Waals surface area (Å²) >= 11 is 0. The largest absolute Gasteiger partial charge is 0.0984 e. The molecule has 18 heavy (non-hydrogen) atoms. The molecule has 0 radical (unpaired) electrons. The van der Waals surface area contributed by atoms with Crippen molar-refractivity contribution in [1.82, 2.24) is 0 Å². The summed E-state index contributed by atoms with van der Waals surface area (Å²) in [6.07, 6.45) is 5.57. The van der Waals surface area contributed by atoms with Gasteiger partial charge in [0.25, 0.3) is 0 Å². The van der Waals surface area contributed by atoms with Gasteiger partial charge in [-0.05, 0) is 39.9 Å². The third-order valence-electron chi connectivity index (χ3n) is 3.00. The van der Waals surface area contributed by atoms with Gasteiger partial charge in [-0.1, -0.05) is 68.3 Å². The van der Waals surface area contributed by atoms with E-state index in [4.69, 9.17) is 0 Å². The average molecular weight is 232 g/mol. The molecule has 0 N–H and O–H groups in total. The second-order valence-corrected chi connectivity index (χ2v) is 4.05. The third kappa shape index (κ3) is 2.18. The highest BCUT2D eigenvalue weighted by Crippen LogP contribution is 2.27. The van der Waals surface area contributed by atoms with Crippen LogP contribution in [0.15, 0.2) is 62.2 Å². The van der Waals surface area contributed by atoms with Crippen LogP contribution in [0.25, 0.3) is 29.4 Å². The molecule has 2 rings (SSSR count). The van der Waals surface area contributed by atoms with Crippen molar-refractivity contribution in [3.05, 3.63) is 78.9 Å². The molecule has 0 aromatic heterocycles. The maximum atomic E-state index is 3.87. The van der Waals surface area contributed by atoms with Crippen LogP contribution in [0.2, 0.25) is 0 Å². The highest BCUT2D eigenvalue weighted by atomic mass is 14.1. The van der Waals surface area contributed by atoms with Gasteiger partial charge in [0, 0.05) is 0 Å². The average Bonchev–Trinajstić information content (AvgIpc) is 2.46. The van der Waals surface area contributed by atoms with E-state index in [-0.39, 0.29) is 0 Å². The van der Waals surface area contributed by atoms with Crippen molar-refractivity contribution in [2.75, 3.05) is 0 Å². The molecule has 0 aliphatic heterocycles. The van der Waals surface area contributed by atoms with E-state index in [2.05, 4.69) is 44.0 Å². The van der Waals surface area contributed by atoms with Crippen molar-refractivity contribution in [2.24, 2.45) is 0 Å². The van der Waals surface area contributed by atoms with Crippen LogP contribution >= 0.6 is 0 Å². The Hall–Kier alpha value is -2.34. The fourth-order valence-corrected chi connectivity index (χ4v) is 2.07. The van der Waals surface area contributed by atoms with E-state index in [1.807, 2.05) is 36.4 Å². The van der Waals surface area contributed by atoms with Gasteiger partial charge < -0.3 is 0 Å². The zero-order valence-corrected chi connectivity index (χ0v) is 10.4. The van der Waals surface area contributed by atoms with Crippen LogP contribution in [0.5, 0.6) is 0 Å². The molecule has 0 amide bonds. The van der Waals surface area contributed by atoms with Crippen molar-refractivity contribution < 1.29 is 0 Å². The Morgan fingerprint density at radius 3 is 1.67 bits per heavy atom. The highest BCUT2D eigenvalue weighted by molar-refractivity contribution is 5.79. The van der Waals surface area contributed by atoms with Gasteiger partial charge in [0.15, 0.2) is 0 Å². The lowest BCUT2D eigenvalue weighted by atomic mass is 9.94. The highest BCUT2D eigenvalue weighted by Gasteiger charge is 2.05. The van der Waals surface area contributed by atoms with Crippen LogP contribution in [0.4, 0.5) is 0 Å². The quantitative estimate of drug-likeness (QED) is 0.672. The lowest BCUT2D eigenvalue weighted by Crippen LogP contribution is -1.89. The van der Waals surface area contributed by atoms with Crippen molar-refractivity contribution >= 4 is 18.2 Å². The predicted octanol–water partition coefficient (Wildman–Crippen LogP) is 5.28. The van der Waals surface area contributed by atoms with Gasteiger partial charge in [0.1, 0.15) is 0 Å². The molecular weight excluding hydrogens is 216 g/mol. The van der Waals surface area contributed by atoms with E-state index in [9.17, 15) is 0 Å². The van der Waals surface area contributed by atoms with Gasteiger partial charge in [0.2, 0.25) is 0 Å². The lowest BCUT2D eigenvalue weighted by molar-refractivity contribution is 1.55. The summed E-state index contributed by atoms with van der Waals surface area (Å²) in [5, 5.41) is 0. The summed E-state index contributed by atoms with van der Waals surface area (Å²) in [7, 11) is 0. The normalized spacial score (nSPS) is 9.78. The molecule has 0 heteroatoms. The monoisotopic (exact) mass is 232 g/mol. The Balaban J connectivity index is 2.68. The number of benzene rings is 2. The number of hydrogen-bond acceptors (Lipinski definition) is 0. The van der Waals surface area contributed by atoms with Gasteiger partial charge in [-0.15, -0.1) is 0 Å². The van der Waals surface area contributed by atoms with Gasteiger partial charge in [-0.25, -0.2) is 0 Å². The van der Waals surface area contributed by atoms with Crippen LogP contribution < -0.4 is 0 Å². The van der Waals surface area contributed by atoms with Crippen LogP contribution in [0, 0.1) is 0 Å². The molecule has 0 aliphatic rings. The summed E-state index contributed by atoms with van der Waals surface area (Å²) in [5.74, 6) is 0. The molecule has 0 nitrogen and oxygen atoms in total. The minimum absolute atomic E-state index is 1.08. The standard InChI is InChI=1S/C18H16/c1-4-14-12-17(16-10-8-7-9-11-16)13-15(5-2)18(14)6-3/h4-13H,1-3H2. The molecule has 0 unspecified atom stereocenters. The van der Waals surface area contributed by atoms with E-state index in [1.54, 1.807) is 0 Å². The molecule has 0 spiro atoms. The van der Waals surface area contributed by atoms with Crippen molar-refractivity contribution in [2.45, 2.75) is 0 Å². The van der Waals surface area contributed by atoms with Gasteiger partial charge in [-0.2, -0.15) is 0 Å². The maximum absolute atomic E-state index is 3.87. The molecule has 0 saturated heterocycles. The molecule has 2 aromatic rings. The van der Waals surface area contributed by atoms with Crippen LogP contribution in [0.3, 0.4) is 0 Å². The molecule has 0 bridgehead atoms. The Morgan fingerprint density at radius 1 is 0.667 bits per heavy atom. The van der Waals surface area contributed by atoms with E-state index in [0.29, 0.717) is 0 Å². The fourth-order valence-electron chi connectivity index (χ4n) is 2.07. The molecular formula is C18H16. The molecule has 0 saturated carbocycles. The van der Waals surface area contributed by atoms with Crippen LogP contribution in [0.1, 0.15) is 16.7 Å². The van der Waals surface area contributed by atoms with Gasteiger partial charge in [0.05, 0.1) is 0 Å². The van der Waals surface area contributed by atoms with E-state index < -0.39 is 0 Å². The van der Waals surface area contributed by atoms with Gasteiger partial charge >= 0.3 is 0 Å². The Morgan fingerprint density at radius 2 is 1.22 bits per heavy atom.